The van der Waals surface area contributed by atoms with Gasteiger partial charge in [0, 0.05) is 16.6 Å². The monoisotopic (exact) mass is 398 g/mol. The SMILES string of the molecule is N#C/C(=C\c1cc(Cl)cc(C(F)(F)F)c1)C(=O)NCc1ccccc1Cl. The molecule has 0 heterocycles. The predicted molar refractivity (Wildman–Crippen MR) is 93.3 cm³/mol. The molecule has 0 spiro atoms. The normalized spacial score (nSPS) is 11.8. The van der Waals surface area contributed by atoms with Crippen LogP contribution in [-0.2, 0) is 17.5 Å². The fourth-order valence-electron chi connectivity index (χ4n) is 2.09. The molecule has 0 bridgehead atoms. The molecule has 2 rings (SSSR count). The van der Waals surface area contributed by atoms with Crippen LogP contribution in [0.4, 0.5) is 13.2 Å². The van der Waals surface area contributed by atoms with Gasteiger partial charge in [-0.15, -0.1) is 0 Å². The number of benzene rings is 2. The van der Waals surface area contributed by atoms with E-state index in [0.29, 0.717) is 10.6 Å². The summed E-state index contributed by atoms with van der Waals surface area (Å²) in [7, 11) is 0. The molecular formula is C18H11Cl2F3N2O. The third kappa shape index (κ3) is 5.25. The van der Waals surface area contributed by atoms with E-state index in [0.717, 1.165) is 18.2 Å². The molecule has 0 aliphatic carbocycles. The average Bonchev–Trinajstić information content (AvgIpc) is 2.57. The van der Waals surface area contributed by atoms with Gasteiger partial charge in [-0.2, -0.15) is 18.4 Å². The second kappa shape index (κ2) is 8.26. The number of nitrogens with one attached hydrogen (secondary N) is 1. The molecule has 134 valence electrons. The summed E-state index contributed by atoms with van der Waals surface area (Å²) < 4.78 is 38.5. The van der Waals surface area contributed by atoms with Crippen molar-refractivity contribution in [2.75, 3.05) is 0 Å². The van der Waals surface area contributed by atoms with E-state index in [9.17, 15) is 18.0 Å². The Labute approximate surface area is 157 Å². The van der Waals surface area contributed by atoms with Crippen molar-refractivity contribution in [3.8, 4) is 6.07 Å². The molecule has 0 saturated carbocycles. The number of rotatable bonds is 4. The van der Waals surface area contributed by atoms with Crippen LogP contribution in [0.2, 0.25) is 10.0 Å². The molecule has 0 aliphatic heterocycles. The lowest BCUT2D eigenvalue weighted by Gasteiger charge is -2.09. The number of carbonyl (C=O) groups excluding carboxylic acids is 1. The summed E-state index contributed by atoms with van der Waals surface area (Å²) in [6.07, 6.45) is -3.55. The first-order valence-electron chi connectivity index (χ1n) is 7.22. The van der Waals surface area contributed by atoms with Gasteiger partial charge in [0.15, 0.2) is 0 Å². The highest BCUT2D eigenvalue weighted by Crippen LogP contribution is 2.32. The van der Waals surface area contributed by atoms with Gasteiger partial charge in [0.2, 0.25) is 0 Å². The molecule has 0 unspecified atom stereocenters. The standard InChI is InChI=1S/C18H11Cl2F3N2O/c19-15-7-11(6-14(8-15)18(21,22)23)5-13(9-24)17(26)25-10-12-3-1-2-4-16(12)20/h1-8H,10H2,(H,25,26)/b13-5+. The molecule has 0 fully saturated rings. The number of alkyl halides is 3. The van der Waals surface area contributed by atoms with Crippen molar-refractivity contribution in [1.29, 1.82) is 5.26 Å². The van der Waals surface area contributed by atoms with Gasteiger partial charge in [-0.05, 0) is 41.5 Å². The zero-order chi connectivity index (χ0) is 19.3. The summed E-state index contributed by atoms with van der Waals surface area (Å²) in [6, 6.07) is 11.3. The maximum Gasteiger partial charge on any atom is 0.416 e. The van der Waals surface area contributed by atoms with Gasteiger partial charge < -0.3 is 5.32 Å². The lowest BCUT2D eigenvalue weighted by Crippen LogP contribution is -2.24. The van der Waals surface area contributed by atoms with Crippen molar-refractivity contribution in [3.63, 3.8) is 0 Å². The summed E-state index contributed by atoms with van der Waals surface area (Å²) in [6.45, 7) is 0.0703. The van der Waals surface area contributed by atoms with Crippen LogP contribution in [0, 0.1) is 11.3 Å². The number of halogens is 5. The highest BCUT2D eigenvalue weighted by molar-refractivity contribution is 6.31. The van der Waals surface area contributed by atoms with Crippen molar-refractivity contribution >= 4 is 35.2 Å². The van der Waals surface area contributed by atoms with E-state index in [2.05, 4.69) is 5.32 Å². The first-order valence-corrected chi connectivity index (χ1v) is 7.97. The molecule has 2 aromatic rings. The van der Waals surface area contributed by atoms with Crippen LogP contribution in [0.25, 0.3) is 6.08 Å². The second-order valence-corrected chi connectivity index (χ2v) is 6.06. The van der Waals surface area contributed by atoms with Crippen LogP contribution >= 0.6 is 23.2 Å². The van der Waals surface area contributed by atoms with E-state index in [1.165, 1.54) is 6.07 Å². The van der Waals surface area contributed by atoms with E-state index in [4.69, 9.17) is 28.5 Å². The van der Waals surface area contributed by atoms with Crippen LogP contribution in [0.5, 0.6) is 0 Å². The summed E-state index contributed by atoms with van der Waals surface area (Å²) in [5, 5.41) is 11.9. The number of carbonyl (C=O) groups is 1. The lowest BCUT2D eigenvalue weighted by molar-refractivity contribution is -0.137. The van der Waals surface area contributed by atoms with Crippen molar-refractivity contribution < 1.29 is 18.0 Å². The minimum absolute atomic E-state index is 0.00531. The topological polar surface area (TPSA) is 52.9 Å². The Bertz CT molecular complexity index is 902. The smallest absolute Gasteiger partial charge is 0.347 e. The molecular weight excluding hydrogens is 388 g/mol. The second-order valence-electron chi connectivity index (χ2n) is 5.21. The molecule has 0 saturated heterocycles. The fourth-order valence-corrected chi connectivity index (χ4v) is 2.53. The number of hydrogen-bond donors (Lipinski definition) is 1. The minimum atomic E-state index is -4.59. The van der Waals surface area contributed by atoms with Crippen molar-refractivity contribution in [2.45, 2.75) is 12.7 Å². The van der Waals surface area contributed by atoms with Crippen molar-refractivity contribution in [2.24, 2.45) is 0 Å². The van der Waals surface area contributed by atoms with E-state index in [1.54, 1.807) is 30.3 Å². The summed E-state index contributed by atoms with van der Waals surface area (Å²) in [4.78, 5) is 12.1. The molecule has 1 amide bonds. The molecule has 0 atom stereocenters. The average molecular weight is 399 g/mol. The molecule has 0 radical (unpaired) electrons. The van der Waals surface area contributed by atoms with Crippen molar-refractivity contribution in [3.05, 3.63) is 74.8 Å². The van der Waals surface area contributed by atoms with E-state index >= 15 is 0 Å². The largest absolute Gasteiger partial charge is 0.416 e. The third-order valence-corrected chi connectivity index (χ3v) is 3.91. The molecule has 3 nitrogen and oxygen atoms in total. The Morgan fingerprint density at radius 3 is 2.50 bits per heavy atom. The molecule has 8 heteroatoms. The van der Waals surface area contributed by atoms with Crippen LogP contribution in [0.15, 0.2) is 48.0 Å². The maximum absolute atomic E-state index is 12.8. The zero-order valence-corrected chi connectivity index (χ0v) is 14.6. The fraction of sp³-hybridized carbons (Fsp3) is 0.111. The number of nitriles is 1. The van der Waals surface area contributed by atoms with Gasteiger partial charge >= 0.3 is 6.18 Å². The number of hydrogen-bond acceptors (Lipinski definition) is 2. The Morgan fingerprint density at radius 2 is 1.88 bits per heavy atom. The predicted octanol–water partition coefficient (Wildman–Crippen LogP) is 5.24. The van der Waals surface area contributed by atoms with Crippen LogP contribution < -0.4 is 5.32 Å². The Morgan fingerprint density at radius 1 is 1.19 bits per heavy atom. The highest BCUT2D eigenvalue weighted by Gasteiger charge is 2.31. The summed E-state index contributed by atoms with van der Waals surface area (Å²) in [5.41, 5.74) is -0.686. The van der Waals surface area contributed by atoms with Crippen LogP contribution in [0.1, 0.15) is 16.7 Å². The highest BCUT2D eigenvalue weighted by atomic mass is 35.5. The first kappa shape index (κ1) is 19.8. The third-order valence-electron chi connectivity index (χ3n) is 3.32. The Kier molecular flexibility index (Phi) is 6.30. The van der Waals surface area contributed by atoms with Gasteiger partial charge in [0.25, 0.3) is 5.91 Å². The quantitative estimate of drug-likeness (QED) is 0.565. The van der Waals surface area contributed by atoms with Crippen LogP contribution in [-0.4, -0.2) is 5.91 Å². The molecule has 0 aliphatic rings. The van der Waals surface area contributed by atoms with Gasteiger partial charge in [-0.1, -0.05) is 41.4 Å². The Hall–Kier alpha value is -2.49. The molecule has 1 N–H and O–H groups in total. The molecule has 0 aromatic heterocycles. The van der Waals surface area contributed by atoms with Gasteiger partial charge in [-0.25, -0.2) is 0 Å². The summed E-state index contributed by atoms with van der Waals surface area (Å²) in [5.74, 6) is -0.735. The van der Waals surface area contributed by atoms with Crippen molar-refractivity contribution in [1.82, 2.24) is 5.32 Å². The first-order chi connectivity index (χ1) is 12.2. The van der Waals surface area contributed by atoms with Gasteiger partial charge in [0.1, 0.15) is 11.6 Å². The maximum atomic E-state index is 12.8. The van der Waals surface area contributed by atoms with E-state index < -0.39 is 17.6 Å². The number of nitrogens with zero attached hydrogens (tertiary/aromatic N) is 1. The van der Waals surface area contributed by atoms with Gasteiger partial charge in [0.05, 0.1) is 5.56 Å². The van der Waals surface area contributed by atoms with Gasteiger partial charge in [-0.3, -0.25) is 4.79 Å². The molecule has 26 heavy (non-hydrogen) atoms. The Balaban J connectivity index is 2.22. The molecule has 2 aromatic carbocycles. The zero-order valence-electron chi connectivity index (χ0n) is 13.1. The number of amides is 1. The van der Waals surface area contributed by atoms with E-state index in [1.807, 2.05) is 0 Å². The van der Waals surface area contributed by atoms with E-state index in [-0.39, 0.29) is 22.7 Å². The van der Waals surface area contributed by atoms with Crippen LogP contribution in [0.3, 0.4) is 0 Å². The summed E-state index contributed by atoms with van der Waals surface area (Å²) >= 11 is 11.7. The lowest BCUT2D eigenvalue weighted by atomic mass is 10.1. The minimum Gasteiger partial charge on any atom is -0.347 e.